The average Bonchev–Trinajstić information content (AvgIpc) is 3.27. The van der Waals surface area contributed by atoms with Gasteiger partial charge in [0, 0.05) is 23.9 Å². The van der Waals surface area contributed by atoms with Gasteiger partial charge in [-0.05, 0) is 68.4 Å². The van der Waals surface area contributed by atoms with Crippen molar-refractivity contribution < 1.29 is 4.39 Å². The van der Waals surface area contributed by atoms with Crippen LogP contribution in [-0.2, 0) is 0 Å². The van der Waals surface area contributed by atoms with Crippen molar-refractivity contribution in [3.05, 3.63) is 71.7 Å². The Balaban J connectivity index is 1.54. The Kier molecular flexibility index (Phi) is 5.64. The highest BCUT2D eigenvalue weighted by atomic mass is 32.1. The third-order valence-electron chi connectivity index (χ3n) is 5.24. The summed E-state index contributed by atoms with van der Waals surface area (Å²) in [4.78, 5) is 19.3. The first-order valence-corrected chi connectivity index (χ1v) is 11.1. The first-order valence-electron chi connectivity index (χ1n) is 10.2. The first kappa shape index (κ1) is 19.7. The van der Waals surface area contributed by atoms with Crippen molar-refractivity contribution in [3.8, 4) is 21.8 Å². The predicted molar refractivity (Wildman–Crippen MR) is 121 cm³/mol. The van der Waals surface area contributed by atoms with Gasteiger partial charge in [0.05, 0.1) is 21.3 Å². The molecule has 0 atom stereocenters. The Morgan fingerprint density at radius 1 is 0.935 bits per heavy atom. The molecule has 1 fully saturated rings. The second kappa shape index (κ2) is 8.87. The Morgan fingerprint density at radius 2 is 1.77 bits per heavy atom. The van der Waals surface area contributed by atoms with E-state index in [1.807, 2.05) is 24.3 Å². The van der Waals surface area contributed by atoms with Gasteiger partial charge in [0.2, 0.25) is 5.95 Å². The van der Waals surface area contributed by atoms with Crippen LogP contribution in [0.25, 0.3) is 21.8 Å². The molecule has 0 amide bonds. The number of nitrogens with one attached hydrogen (secondary N) is 2. The van der Waals surface area contributed by atoms with Gasteiger partial charge < -0.3 is 10.6 Å². The molecule has 1 aromatic carbocycles. The lowest BCUT2D eigenvalue weighted by molar-refractivity contribution is 0.459. The SMILES string of the molecule is Fc1ccc(-c2nc(C3CCNCC3)sc2-c2ccnc(Nc3ccccn3)n2)cc1. The fourth-order valence-corrected chi connectivity index (χ4v) is 4.88. The highest BCUT2D eigenvalue weighted by Crippen LogP contribution is 2.40. The van der Waals surface area contributed by atoms with Crippen molar-refractivity contribution in [1.29, 1.82) is 0 Å². The third kappa shape index (κ3) is 4.45. The maximum Gasteiger partial charge on any atom is 0.228 e. The molecule has 0 aliphatic carbocycles. The van der Waals surface area contributed by atoms with Gasteiger partial charge in [-0.3, -0.25) is 0 Å². The third-order valence-corrected chi connectivity index (χ3v) is 6.48. The summed E-state index contributed by atoms with van der Waals surface area (Å²) in [6, 6.07) is 14.0. The fraction of sp³-hybridized carbons (Fsp3) is 0.217. The molecule has 0 saturated carbocycles. The molecule has 0 spiro atoms. The lowest BCUT2D eigenvalue weighted by atomic mass is 9.99. The molecule has 4 heterocycles. The average molecular weight is 433 g/mol. The van der Waals surface area contributed by atoms with E-state index in [0.29, 0.717) is 17.7 Å². The standard InChI is InChI=1S/C23H21FN6S/c24-17-6-4-15(5-7-17)20-21(31-22(30-20)16-8-12-25-13-9-16)18-10-14-27-23(28-18)29-19-3-1-2-11-26-19/h1-7,10-11,14,16,25H,8-9,12-13H2,(H,26,27,28,29). The minimum atomic E-state index is -0.261. The number of piperidine rings is 1. The number of hydrogen-bond donors (Lipinski definition) is 2. The molecule has 1 saturated heterocycles. The summed E-state index contributed by atoms with van der Waals surface area (Å²) >= 11 is 1.67. The Morgan fingerprint density at radius 3 is 2.55 bits per heavy atom. The zero-order valence-corrected chi connectivity index (χ0v) is 17.6. The van der Waals surface area contributed by atoms with Crippen LogP contribution < -0.4 is 10.6 Å². The van der Waals surface area contributed by atoms with Crippen LogP contribution in [0.4, 0.5) is 16.2 Å². The maximum absolute atomic E-state index is 13.5. The molecule has 1 aliphatic rings. The Hall–Kier alpha value is -3.23. The number of nitrogens with zero attached hydrogens (tertiary/aromatic N) is 4. The molecule has 4 aromatic rings. The number of rotatable bonds is 5. The largest absolute Gasteiger partial charge is 0.317 e. The second-order valence-corrected chi connectivity index (χ2v) is 8.40. The molecule has 8 heteroatoms. The Labute approximate surface area is 183 Å². The molecule has 0 bridgehead atoms. The van der Waals surface area contributed by atoms with E-state index in [0.717, 1.165) is 52.8 Å². The molecule has 156 valence electrons. The first-order chi connectivity index (χ1) is 15.3. The van der Waals surface area contributed by atoms with Gasteiger partial charge in [0.15, 0.2) is 0 Å². The van der Waals surface area contributed by atoms with E-state index in [2.05, 4.69) is 20.6 Å². The smallest absolute Gasteiger partial charge is 0.228 e. The maximum atomic E-state index is 13.5. The summed E-state index contributed by atoms with van der Waals surface area (Å²) in [6.07, 6.45) is 5.57. The monoisotopic (exact) mass is 432 g/mol. The fourth-order valence-electron chi connectivity index (χ4n) is 3.65. The molecule has 1 aliphatic heterocycles. The summed E-state index contributed by atoms with van der Waals surface area (Å²) < 4.78 is 13.5. The van der Waals surface area contributed by atoms with E-state index in [4.69, 9.17) is 9.97 Å². The number of benzene rings is 1. The molecular formula is C23H21FN6S. The van der Waals surface area contributed by atoms with Crippen LogP contribution in [-0.4, -0.2) is 33.0 Å². The van der Waals surface area contributed by atoms with Crippen molar-refractivity contribution >= 4 is 23.1 Å². The van der Waals surface area contributed by atoms with Crippen LogP contribution in [0.5, 0.6) is 0 Å². The topological polar surface area (TPSA) is 75.6 Å². The van der Waals surface area contributed by atoms with Gasteiger partial charge in [-0.25, -0.2) is 24.3 Å². The zero-order chi connectivity index (χ0) is 21.0. The molecule has 0 radical (unpaired) electrons. The van der Waals surface area contributed by atoms with Crippen LogP contribution in [0, 0.1) is 5.82 Å². The van der Waals surface area contributed by atoms with Gasteiger partial charge >= 0.3 is 0 Å². The van der Waals surface area contributed by atoms with Crippen LogP contribution in [0.3, 0.4) is 0 Å². The highest BCUT2D eigenvalue weighted by Gasteiger charge is 2.23. The van der Waals surface area contributed by atoms with Crippen molar-refractivity contribution in [3.63, 3.8) is 0 Å². The molecule has 0 unspecified atom stereocenters. The zero-order valence-electron chi connectivity index (χ0n) is 16.8. The van der Waals surface area contributed by atoms with Gasteiger partial charge in [0.1, 0.15) is 11.6 Å². The van der Waals surface area contributed by atoms with Crippen molar-refractivity contribution in [2.24, 2.45) is 0 Å². The number of thiazole rings is 1. The number of anilines is 2. The molecule has 6 nitrogen and oxygen atoms in total. The van der Waals surface area contributed by atoms with Crippen molar-refractivity contribution in [1.82, 2.24) is 25.3 Å². The van der Waals surface area contributed by atoms with Crippen LogP contribution in [0.15, 0.2) is 60.9 Å². The predicted octanol–water partition coefficient (Wildman–Crippen LogP) is 5.01. The molecular weight excluding hydrogens is 411 g/mol. The minimum Gasteiger partial charge on any atom is -0.317 e. The Bertz CT molecular complexity index is 1160. The summed E-state index contributed by atoms with van der Waals surface area (Å²) in [6.45, 7) is 1.99. The summed E-state index contributed by atoms with van der Waals surface area (Å²) in [5.74, 6) is 1.31. The van der Waals surface area contributed by atoms with Crippen molar-refractivity contribution in [2.45, 2.75) is 18.8 Å². The van der Waals surface area contributed by atoms with E-state index >= 15 is 0 Å². The molecule has 31 heavy (non-hydrogen) atoms. The van der Waals surface area contributed by atoms with E-state index in [1.165, 1.54) is 12.1 Å². The summed E-state index contributed by atoms with van der Waals surface area (Å²) in [7, 11) is 0. The highest BCUT2D eigenvalue weighted by molar-refractivity contribution is 7.15. The number of hydrogen-bond acceptors (Lipinski definition) is 7. The lowest BCUT2D eigenvalue weighted by Crippen LogP contribution is -2.26. The van der Waals surface area contributed by atoms with Crippen molar-refractivity contribution in [2.75, 3.05) is 18.4 Å². The summed E-state index contributed by atoms with van der Waals surface area (Å²) in [5.41, 5.74) is 2.50. The minimum absolute atomic E-state index is 0.261. The molecule has 5 rings (SSSR count). The second-order valence-electron chi connectivity index (χ2n) is 7.37. The van der Waals surface area contributed by atoms with E-state index in [1.54, 1.807) is 35.9 Å². The van der Waals surface area contributed by atoms with Gasteiger partial charge in [-0.1, -0.05) is 6.07 Å². The van der Waals surface area contributed by atoms with Crippen LogP contribution in [0.1, 0.15) is 23.8 Å². The summed E-state index contributed by atoms with van der Waals surface area (Å²) in [5, 5.41) is 7.66. The van der Waals surface area contributed by atoms with Gasteiger partial charge in [0.25, 0.3) is 0 Å². The number of aromatic nitrogens is 4. The van der Waals surface area contributed by atoms with E-state index in [9.17, 15) is 4.39 Å². The van der Waals surface area contributed by atoms with E-state index < -0.39 is 0 Å². The van der Waals surface area contributed by atoms with Crippen LogP contribution >= 0.6 is 11.3 Å². The van der Waals surface area contributed by atoms with E-state index in [-0.39, 0.29) is 5.82 Å². The van der Waals surface area contributed by atoms with Gasteiger partial charge in [-0.15, -0.1) is 11.3 Å². The molecule has 2 N–H and O–H groups in total. The number of halogens is 1. The van der Waals surface area contributed by atoms with Crippen LogP contribution in [0.2, 0.25) is 0 Å². The molecule has 3 aromatic heterocycles. The van der Waals surface area contributed by atoms with Gasteiger partial charge in [-0.2, -0.15) is 0 Å². The number of pyridine rings is 1. The lowest BCUT2D eigenvalue weighted by Gasteiger charge is -2.20. The normalized spacial score (nSPS) is 14.5. The quantitative estimate of drug-likeness (QED) is 0.462.